The van der Waals surface area contributed by atoms with Gasteiger partial charge in [0, 0.05) is 6.42 Å². The van der Waals surface area contributed by atoms with Crippen molar-refractivity contribution in [3.8, 4) is 5.75 Å². The van der Waals surface area contributed by atoms with Crippen molar-refractivity contribution >= 4 is 11.9 Å². The first-order chi connectivity index (χ1) is 16.1. The molecule has 0 spiro atoms. The molecule has 0 aliphatic rings. The van der Waals surface area contributed by atoms with Crippen molar-refractivity contribution in [1.82, 2.24) is 5.23 Å². The predicted octanol–water partition coefficient (Wildman–Crippen LogP) is 1.18. The van der Waals surface area contributed by atoms with Crippen molar-refractivity contribution in [1.29, 1.82) is 0 Å². The predicted molar refractivity (Wildman–Crippen MR) is 126 cm³/mol. The van der Waals surface area contributed by atoms with E-state index in [4.69, 9.17) is 42.9 Å². The third kappa shape index (κ3) is 14.9. The third-order valence-electron chi connectivity index (χ3n) is 4.49. The smallest absolute Gasteiger partial charge is 0.326 e. The van der Waals surface area contributed by atoms with Crippen LogP contribution >= 0.6 is 0 Å². The van der Waals surface area contributed by atoms with E-state index in [1.807, 2.05) is 12.1 Å². The molecule has 0 aliphatic heterocycles. The zero-order chi connectivity index (χ0) is 25.9. The molecule has 0 bridgehead atoms. The Bertz CT molecular complexity index is 805. The molecule has 2 rings (SSSR count). The number of nitrogens with two attached hydrogens (primary N) is 3. The summed E-state index contributed by atoms with van der Waals surface area (Å²) < 4.78 is 0. The second kappa shape index (κ2) is 18.4. The molecule has 11 nitrogen and oxygen atoms in total. The lowest BCUT2D eigenvalue weighted by molar-refractivity contribution is -0.327. The normalized spacial score (nSPS) is 11.9. The van der Waals surface area contributed by atoms with Gasteiger partial charge >= 0.3 is 11.9 Å². The highest BCUT2D eigenvalue weighted by molar-refractivity contribution is 5.73. The molecule has 0 fully saturated rings. The van der Waals surface area contributed by atoms with Gasteiger partial charge in [-0.05, 0) is 55.6 Å². The number of hydrogen-bond donors (Lipinski definition) is 8. The Morgan fingerprint density at radius 1 is 0.824 bits per heavy atom. The quantitative estimate of drug-likeness (QED) is 0.169. The number of aromatic hydroxyl groups is 1. The van der Waals surface area contributed by atoms with Gasteiger partial charge in [0.15, 0.2) is 6.04 Å². The third-order valence-corrected chi connectivity index (χ3v) is 4.49. The zero-order valence-corrected chi connectivity index (χ0v) is 19.0. The van der Waals surface area contributed by atoms with Crippen LogP contribution in [0.25, 0.3) is 0 Å². The summed E-state index contributed by atoms with van der Waals surface area (Å²) in [5.74, 6) is -1.91. The highest BCUT2D eigenvalue weighted by Gasteiger charge is 2.23. The molecule has 0 aromatic heterocycles. The first kappa shape index (κ1) is 30.9. The lowest BCUT2D eigenvalue weighted by Gasteiger charge is -2.15. The molecule has 190 valence electrons. The summed E-state index contributed by atoms with van der Waals surface area (Å²) in [5.41, 5.74) is 17.7. The summed E-state index contributed by atoms with van der Waals surface area (Å²) in [7, 11) is 0. The molecule has 0 unspecified atom stereocenters. The van der Waals surface area contributed by atoms with Crippen LogP contribution in [0.1, 0.15) is 30.4 Å². The second-order valence-electron chi connectivity index (χ2n) is 7.30. The molecule has 0 saturated carbocycles. The minimum absolute atomic E-state index is 0.0448. The number of phenolic OH excluding ortho intramolecular Hbond substituents is 1. The summed E-state index contributed by atoms with van der Waals surface area (Å²) in [5, 5.41) is 42.9. The number of unbranched alkanes of at least 4 members (excludes halogenated alkanes) is 1. The Labute approximate surface area is 198 Å². The molecular formula is C23H36N4O7. The van der Waals surface area contributed by atoms with E-state index in [0.29, 0.717) is 25.3 Å². The average Bonchev–Trinajstić information content (AvgIpc) is 2.80. The fraction of sp³-hybridized carbons (Fsp3) is 0.391. The van der Waals surface area contributed by atoms with Gasteiger partial charge in [0.25, 0.3) is 0 Å². The number of phenols is 1. The highest BCUT2D eigenvalue weighted by atomic mass is 16.8. The Hall–Kier alpha value is -3.06. The first-order valence-corrected chi connectivity index (χ1v) is 10.7. The molecule has 0 radical (unpaired) electrons. The summed E-state index contributed by atoms with van der Waals surface area (Å²) in [6.45, 7) is 1.26. The fourth-order valence-electron chi connectivity index (χ4n) is 2.57. The molecule has 2 aromatic carbocycles. The Morgan fingerprint density at radius 2 is 1.41 bits per heavy atom. The Balaban J connectivity index is 0.000000492. The van der Waals surface area contributed by atoms with E-state index >= 15 is 0 Å². The van der Waals surface area contributed by atoms with Gasteiger partial charge in [0.2, 0.25) is 0 Å². The summed E-state index contributed by atoms with van der Waals surface area (Å²) in [4.78, 5) is 20.7. The minimum atomic E-state index is -1.34. The fourth-order valence-corrected chi connectivity index (χ4v) is 2.57. The van der Waals surface area contributed by atoms with Crippen LogP contribution in [0.3, 0.4) is 0 Å². The van der Waals surface area contributed by atoms with Crippen molar-refractivity contribution in [2.45, 2.75) is 44.2 Å². The average molecular weight is 481 g/mol. The largest absolute Gasteiger partial charge is 0.508 e. The standard InChI is InChI=1S/C9H11NO4.C8H11NO.C6H14N2O2/c11-9(12)8(10(13)14)6-7-4-2-1-3-5-7;9-6-5-7-1-3-8(10)4-2-7;7-4-2-1-3-5(8)6(9)10/h1-5,8,13-14H,6H2,(H,11,12);1-4,10H,5-6,9H2;5H,1-4,7-8H2,(H,9,10)/t8-;;5-/m0.0/s1. The van der Waals surface area contributed by atoms with Crippen LogP contribution in [-0.4, -0.2) is 68.1 Å². The molecule has 11 heteroatoms. The van der Waals surface area contributed by atoms with Gasteiger partial charge in [-0.1, -0.05) is 54.1 Å². The first-order valence-electron chi connectivity index (χ1n) is 10.7. The van der Waals surface area contributed by atoms with E-state index in [1.54, 1.807) is 42.5 Å². The highest BCUT2D eigenvalue weighted by Crippen LogP contribution is 2.09. The number of carbonyl (C=O) groups is 2. The van der Waals surface area contributed by atoms with E-state index in [0.717, 1.165) is 24.8 Å². The molecule has 34 heavy (non-hydrogen) atoms. The molecule has 0 saturated heterocycles. The molecule has 0 amide bonds. The number of hydroxylamine groups is 2. The Morgan fingerprint density at radius 3 is 1.85 bits per heavy atom. The van der Waals surface area contributed by atoms with E-state index in [1.165, 1.54) is 5.56 Å². The minimum Gasteiger partial charge on any atom is -0.508 e. The molecular weight excluding hydrogens is 444 g/mol. The number of carboxylic acids is 2. The maximum Gasteiger partial charge on any atom is 0.326 e. The summed E-state index contributed by atoms with van der Waals surface area (Å²) >= 11 is 0. The second-order valence-corrected chi connectivity index (χ2v) is 7.30. The van der Waals surface area contributed by atoms with Gasteiger partial charge in [-0.3, -0.25) is 20.0 Å². The molecule has 0 aliphatic carbocycles. The van der Waals surface area contributed by atoms with E-state index in [9.17, 15) is 9.59 Å². The summed E-state index contributed by atoms with van der Waals surface area (Å²) in [6.07, 6.45) is 3.08. The number of nitrogens with zero attached hydrogens (tertiary/aromatic N) is 1. The van der Waals surface area contributed by atoms with Gasteiger partial charge in [-0.2, -0.15) is 0 Å². The van der Waals surface area contributed by atoms with Crippen LogP contribution < -0.4 is 17.2 Å². The van der Waals surface area contributed by atoms with Gasteiger partial charge in [0.1, 0.15) is 11.8 Å². The van der Waals surface area contributed by atoms with Crippen LogP contribution in [0.2, 0.25) is 0 Å². The number of rotatable bonds is 11. The van der Waals surface area contributed by atoms with Crippen molar-refractivity contribution in [2.75, 3.05) is 13.1 Å². The number of carboxylic acid groups (broad SMARTS) is 2. The molecule has 0 heterocycles. The van der Waals surface area contributed by atoms with Gasteiger partial charge < -0.3 is 32.5 Å². The van der Waals surface area contributed by atoms with Gasteiger partial charge in [0.05, 0.1) is 0 Å². The lowest BCUT2D eigenvalue weighted by Crippen LogP contribution is -2.38. The number of aliphatic carboxylic acids is 2. The number of benzene rings is 2. The van der Waals surface area contributed by atoms with Gasteiger partial charge in [-0.25, -0.2) is 0 Å². The number of hydrogen-bond acceptors (Lipinski definition) is 9. The Kier molecular flexibility index (Phi) is 16.7. The van der Waals surface area contributed by atoms with Crippen LogP contribution in [0.15, 0.2) is 54.6 Å². The van der Waals surface area contributed by atoms with Crippen molar-refractivity contribution in [2.24, 2.45) is 17.2 Å². The van der Waals surface area contributed by atoms with Gasteiger partial charge in [-0.15, -0.1) is 0 Å². The molecule has 11 N–H and O–H groups in total. The molecule has 2 atom stereocenters. The maximum absolute atomic E-state index is 10.6. The van der Waals surface area contributed by atoms with Crippen molar-refractivity contribution in [3.63, 3.8) is 0 Å². The van der Waals surface area contributed by atoms with Crippen LogP contribution in [0.4, 0.5) is 0 Å². The summed E-state index contributed by atoms with van der Waals surface area (Å²) in [6, 6.07) is 13.8. The molecule has 2 aromatic rings. The maximum atomic E-state index is 10.6. The van der Waals surface area contributed by atoms with E-state index in [-0.39, 0.29) is 11.6 Å². The van der Waals surface area contributed by atoms with Crippen molar-refractivity contribution < 1.29 is 35.3 Å². The topological polar surface area (TPSA) is 217 Å². The monoisotopic (exact) mass is 480 g/mol. The SMILES string of the molecule is NCCCC[C@H](N)C(=O)O.NCCc1ccc(O)cc1.O=C(O)[C@H](Cc1ccccc1)N(O)O. The lowest BCUT2D eigenvalue weighted by atomic mass is 10.1. The van der Waals surface area contributed by atoms with Crippen LogP contribution in [-0.2, 0) is 22.4 Å². The van der Waals surface area contributed by atoms with Crippen molar-refractivity contribution in [3.05, 3.63) is 65.7 Å². The van der Waals surface area contributed by atoms with Crippen LogP contribution in [0, 0.1) is 0 Å². The van der Waals surface area contributed by atoms with E-state index < -0.39 is 24.0 Å². The van der Waals surface area contributed by atoms with Crippen LogP contribution in [0.5, 0.6) is 5.75 Å². The van der Waals surface area contributed by atoms with E-state index in [2.05, 4.69) is 0 Å². The zero-order valence-electron chi connectivity index (χ0n) is 19.0.